The van der Waals surface area contributed by atoms with Crippen molar-refractivity contribution >= 4 is 33.7 Å². The number of rotatable bonds is 5. The first-order valence-corrected chi connectivity index (χ1v) is 9.14. The van der Waals surface area contributed by atoms with Crippen molar-refractivity contribution in [3.63, 3.8) is 0 Å². The van der Waals surface area contributed by atoms with E-state index >= 15 is 0 Å². The number of carbonyl (C=O) groups is 1. The SMILES string of the molecule is CCOc1ccc2ccccc2c1/C=N\NC(=O)c1n[nH]c(=O)c2ccccc12. The zero-order valence-corrected chi connectivity index (χ0v) is 15.7. The molecule has 3 aromatic carbocycles. The highest BCUT2D eigenvalue weighted by Gasteiger charge is 2.13. The number of nitrogens with one attached hydrogen (secondary N) is 2. The Hall–Kier alpha value is -4.00. The van der Waals surface area contributed by atoms with E-state index in [-0.39, 0.29) is 11.3 Å². The van der Waals surface area contributed by atoms with Gasteiger partial charge in [-0.05, 0) is 29.8 Å². The van der Waals surface area contributed by atoms with E-state index in [1.165, 1.54) is 0 Å². The lowest BCUT2D eigenvalue weighted by Gasteiger charge is -2.10. The lowest BCUT2D eigenvalue weighted by molar-refractivity contribution is 0.0951. The van der Waals surface area contributed by atoms with Gasteiger partial charge in [-0.3, -0.25) is 9.59 Å². The molecular formula is C22H18N4O3. The molecule has 0 saturated carbocycles. The van der Waals surface area contributed by atoms with Crippen LogP contribution in [0.25, 0.3) is 21.5 Å². The summed E-state index contributed by atoms with van der Waals surface area (Å²) in [5, 5.41) is 13.2. The summed E-state index contributed by atoms with van der Waals surface area (Å²) in [5.74, 6) is 0.156. The van der Waals surface area contributed by atoms with Crippen molar-refractivity contribution in [1.29, 1.82) is 0 Å². The molecule has 144 valence electrons. The number of amides is 1. The van der Waals surface area contributed by atoms with E-state index in [0.29, 0.717) is 23.1 Å². The van der Waals surface area contributed by atoms with Gasteiger partial charge in [0.25, 0.3) is 11.5 Å². The Morgan fingerprint density at radius 1 is 1.07 bits per heavy atom. The largest absolute Gasteiger partial charge is 0.493 e. The van der Waals surface area contributed by atoms with Crippen LogP contribution in [0.1, 0.15) is 23.0 Å². The van der Waals surface area contributed by atoms with Crippen LogP contribution in [0.5, 0.6) is 5.75 Å². The molecule has 0 saturated heterocycles. The van der Waals surface area contributed by atoms with Crippen molar-refractivity contribution in [2.45, 2.75) is 6.92 Å². The van der Waals surface area contributed by atoms with Crippen LogP contribution < -0.4 is 15.7 Å². The standard InChI is InChI=1S/C22H18N4O3/c1-2-29-19-12-11-14-7-3-4-8-15(14)18(19)13-23-25-22(28)20-16-9-5-6-10-17(16)21(27)26-24-20/h3-13H,2H2,1H3,(H,25,28)(H,26,27)/b23-13-. The minimum absolute atomic E-state index is 0.0975. The first-order chi connectivity index (χ1) is 14.2. The molecule has 0 aliphatic rings. The Labute approximate surface area is 166 Å². The predicted molar refractivity (Wildman–Crippen MR) is 113 cm³/mol. The van der Waals surface area contributed by atoms with Crippen LogP contribution in [0.15, 0.2) is 70.6 Å². The molecule has 29 heavy (non-hydrogen) atoms. The number of fused-ring (bicyclic) bond motifs is 2. The lowest BCUT2D eigenvalue weighted by Crippen LogP contribution is -2.22. The van der Waals surface area contributed by atoms with Gasteiger partial charge in [0.05, 0.1) is 18.2 Å². The highest BCUT2D eigenvalue weighted by molar-refractivity contribution is 6.06. The molecule has 1 amide bonds. The summed E-state index contributed by atoms with van der Waals surface area (Å²) < 4.78 is 5.70. The number of ether oxygens (including phenoxy) is 1. The molecule has 7 nitrogen and oxygen atoms in total. The Bertz CT molecular complexity index is 1290. The molecule has 0 radical (unpaired) electrons. The van der Waals surface area contributed by atoms with Crippen LogP contribution in [-0.2, 0) is 0 Å². The zero-order valence-electron chi connectivity index (χ0n) is 15.7. The average molecular weight is 386 g/mol. The number of aromatic amines is 1. The summed E-state index contributed by atoms with van der Waals surface area (Å²) in [7, 11) is 0. The Kier molecular flexibility index (Phi) is 5.03. The first kappa shape index (κ1) is 18.4. The van der Waals surface area contributed by atoms with Gasteiger partial charge >= 0.3 is 0 Å². The van der Waals surface area contributed by atoms with Gasteiger partial charge in [-0.15, -0.1) is 0 Å². The second-order valence-corrected chi connectivity index (χ2v) is 6.28. The normalized spacial score (nSPS) is 11.2. The number of H-pyrrole nitrogens is 1. The fraction of sp³-hybridized carbons (Fsp3) is 0.0909. The first-order valence-electron chi connectivity index (χ1n) is 9.14. The maximum Gasteiger partial charge on any atom is 0.292 e. The molecule has 1 heterocycles. The summed E-state index contributed by atoms with van der Waals surface area (Å²) in [5.41, 5.74) is 3.00. The number of aromatic nitrogens is 2. The van der Waals surface area contributed by atoms with Gasteiger partial charge in [0.2, 0.25) is 0 Å². The summed E-state index contributed by atoms with van der Waals surface area (Å²) in [6, 6.07) is 18.5. The molecule has 0 aliphatic carbocycles. The van der Waals surface area contributed by atoms with Gasteiger partial charge in [0.1, 0.15) is 5.75 Å². The molecule has 0 spiro atoms. The number of benzene rings is 3. The number of carbonyl (C=O) groups excluding carboxylic acids is 1. The van der Waals surface area contributed by atoms with Crippen molar-refractivity contribution in [2.75, 3.05) is 6.61 Å². The zero-order chi connectivity index (χ0) is 20.2. The van der Waals surface area contributed by atoms with E-state index in [0.717, 1.165) is 16.3 Å². The third-order valence-corrected chi connectivity index (χ3v) is 4.50. The second kappa shape index (κ2) is 7.93. The summed E-state index contributed by atoms with van der Waals surface area (Å²) in [6.45, 7) is 2.42. The van der Waals surface area contributed by atoms with Crippen molar-refractivity contribution < 1.29 is 9.53 Å². The summed E-state index contributed by atoms with van der Waals surface area (Å²) >= 11 is 0. The van der Waals surface area contributed by atoms with Gasteiger partial charge < -0.3 is 4.74 Å². The van der Waals surface area contributed by atoms with Crippen molar-refractivity contribution in [1.82, 2.24) is 15.6 Å². The summed E-state index contributed by atoms with van der Waals surface area (Å²) in [6.07, 6.45) is 1.55. The molecular weight excluding hydrogens is 368 g/mol. The van der Waals surface area contributed by atoms with Crippen LogP contribution in [0.2, 0.25) is 0 Å². The molecule has 0 aliphatic heterocycles. The molecule has 0 atom stereocenters. The molecule has 7 heteroatoms. The van der Waals surface area contributed by atoms with Crippen LogP contribution in [0, 0.1) is 0 Å². The monoisotopic (exact) mass is 386 g/mol. The minimum Gasteiger partial charge on any atom is -0.493 e. The molecule has 1 aromatic heterocycles. The van der Waals surface area contributed by atoms with Gasteiger partial charge in [0, 0.05) is 10.9 Å². The average Bonchev–Trinajstić information content (AvgIpc) is 2.75. The topological polar surface area (TPSA) is 96.4 Å². The van der Waals surface area contributed by atoms with Crippen LogP contribution in [0.3, 0.4) is 0 Å². The fourth-order valence-corrected chi connectivity index (χ4v) is 3.19. The van der Waals surface area contributed by atoms with E-state index in [2.05, 4.69) is 20.7 Å². The Morgan fingerprint density at radius 3 is 2.59 bits per heavy atom. The predicted octanol–water partition coefficient (Wildman–Crippen LogP) is 3.24. The number of hydrogen-bond donors (Lipinski definition) is 2. The van der Waals surface area contributed by atoms with Crippen LogP contribution >= 0.6 is 0 Å². The minimum atomic E-state index is -0.521. The number of hydrazone groups is 1. The van der Waals surface area contributed by atoms with Gasteiger partial charge in [0.15, 0.2) is 5.69 Å². The van der Waals surface area contributed by atoms with E-state index < -0.39 is 5.91 Å². The molecule has 0 unspecified atom stereocenters. The van der Waals surface area contributed by atoms with E-state index in [1.54, 1.807) is 30.5 Å². The smallest absolute Gasteiger partial charge is 0.292 e. The maximum absolute atomic E-state index is 12.6. The van der Waals surface area contributed by atoms with Crippen molar-refractivity contribution in [3.05, 3.63) is 82.3 Å². The van der Waals surface area contributed by atoms with Crippen molar-refractivity contribution in [2.24, 2.45) is 5.10 Å². The third-order valence-electron chi connectivity index (χ3n) is 4.50. The highest BCUT2D eigenvalue weighted by atomic mass is 16.5. The van der Waals surface area contributed by atoms with Gasteiger partial charge in [-0.25, -0.2) is 10.5 Å². The van der Waals surface area contributed by atoms with E-state index in [9.17, 15) is 9.59 Å². The lowest BCUT2D eigenvalue weighted by atomic mass is 10.0. The van der Waals surface area contributed by atoms with Crippen molar-refractivity contribution in [3.8, 4) is 5.75 Å². The maximum atomic E-state index is 12.6. The quantitative estimate of drug-likeness (QED) is 0.406. The second-order valence-electron chi connectivity index (χ2n) is 6.28. The number of hydrogen-bond acceptors (Lipinski definition) is 5. The fourth-order valence-electron chi connectivity index (χ4n) is 3.19. The molecule has 4 aromatic rings. The highest BCUT2D eigenvalue weighted by Crippen LogP contribution is 2.26. The number of nitrogens with zero attached hydrogens (tertiary/aromatic N) is 2. The molecule has 2 N–H and O–H groups in total. The van der Waals surface area contributed by atoms with Crippen LogP contribution in [0.4, 0.5) is 0 Å². The molecule has 0 fully saturated rings. The van der Waals surface area contributed by atoms with E-state index in [1.807, 2.05) is 43.3 Å². The van der Waals surface area contributed by atoms with Gasteiger partial charge in [-0.2, -0.15) is 10.2 Å². The van der Waals surface area contributed by atoms with Crippen LogP contribution in [-0.4, -0.2) is 28.9 Å². The Balaban J connectivity index is 1.66. The molecule has 4 rings (SSSR count). The Morgan fingerprint density at radius 2 is 1.79 bits per heavy atom. The van der Waals surface area contributed by atoms with Gasteiger partial charge in [-0.1, -0.05) is 48.5 Å². The van der Waals surface area contributed by atoms with E-state index in [4.69, 9.17) is 4.74 Å². The third kappa shape index (κ3) is 3.58. The molecule has 0 bridgehead atoms. The summed E-state index contributed by atoms with van der Waals surface area (Å²) in [4.78, 5) is 24.5.